The second-order valence-electron chi connectivity index (χ2n) is 4.75. The highest BCUT2D eigenvalue weighted by molar-refractivity contribution is 9.10. The molecule has 2 fully saturated rings. The zero-order valence-electron chi connectivity index (χ0n) is 9.49. The van der Waals surface area contributed by atoms with Gasteiger partial charge in [-0.3, -0.25) is 0 Å². The van der Waals surface area contributed by atoms with Gasteiger partial charge in [-0.1, -0.05) is 0 Å². The Kier molecular flexibility index (Phi) is 2.81. The molecule has 1 N–H and O–H groups in total. The van der Waals surface area contributed by atoms with Crippen LogP contribution in [-0.4, -0.2) is 25.7 Å². The molecule has 1 aromatic carbocycles. The minimum atomic E-state index is 0.624. The lowest BCUT2D eigenvalue weighted by atomic mass is 10.0. The molecule has 0 aliphatic carbocycles. The summed E-state index contributed by atoms with van der Waals surface area (Å²) < 4.78 is 1.03. The lowest BCUT2D eigenvalue weighted by Gasteiger charge is -2.26. The topological polar surface area (TPSA) is 39.1 Å². The lowest BCUT2D eigenvalue weighted by Crippen LogP contribution is -2.34. The fourth-order valence-electron chi connectivity index (χ4n) is 2.96. The van der Waals surface area contributed by atoms with Crippen LogP contribution in [0.5, 0.6) is 0 Å². The molecule has 0 amide bonds. The summed E-state index contributed by atoms with van der Waals surface area (Å²) >= 11 is 3.58. The van der Waals surface area contributed by atoms with Crippen molar-refractivity contribution < 1.29 is 0 Å². The Morgan fingerprint density at radius 2 is 2.29 bits per heavy atom. The van der Waals surface area contributed by atoms with Crippen LogP contribution in [0.3, 0.4) is 0 Å². The number of benzene rings is 1. The van der Waals surface area contributed by atoms with Gasteiger partial charge < -0.3 is 10.2 Å². The first kappa shape index (κ1) is 11.1. The molecule has 2 atom stereocenters. The van der Waals surface area contributed by atoms with Crippen molar-refractivity contribution in [3.63, 3.8) is 0 Å². The van der Waals surface area contributed by atoms with Gasteiger partial charge in [0.1, 0.15) is 0 Å². The smallest absolute Gasteiger partial charge is 0.0992 e. The number of rotatable bonds is 1. The summed E-state index contributed by atoms with van der Waals surface area (Å²) in [6.07, 6.45) is 1.27. The first-order valence-electron chi connectivity index (χ1n) is 5.96. The Balaban J connectivity index is 1.92. The van der Waals surface area contributed by atoms with E-state index < -0.39 is 0 Å². The van der Waals surface area contributed by atoms with Crippen LogP contribution in [0.1, 0.15) is 12.0 Å². The first-order chi connectivity index (χ1) is 8.29. The number of nitriles is 1. The molecular weight excluding hydrogens is 278 g/mol. The van der Waals surface area contributed by atoms with Gasteiger partial charge in [-0.2, -0.15) is 5.26 Å². The minimum absolute atomic E-state index is 0.624. The van der Waals surface area contributed by atoms with Gasteiger partial charge >= 0.3 is 0 Å². The maximum Gasteiger partial charge on any atom is 0.0992 e. The molecule has 0 unspecified atom stereocenters. The molecule has 0 saturated carbocycles. The Morgan fingerprint density at radius 3 is 3.06 bits per heavy atom. The highest BCUT2D eigenvalue weighted by Gasteiger charge is 2.37. The van der Waals surface area contributed by atoms with Crippen LogP contribution < -0.4 is 10.2 Å². The zero-order valence-corrected chi connectivity index (χ0v) is 11.1. The molecule has 0 radical (unpaired) electrons. The monoisotopic (exact) mass is 291 g/mol. The largest absolute Gasteiger partial charge is 0.366 e. The predicted octanol–water partition coefficient (Wildman–Crippen LogP) is 2.12. The van der Waals surface area contributed by atoms with Crippen LogP contribution >= 0.6 is 15.9 Å². The van der Waals surface area contributed by atoms with Gasteiger partial charge in [-0.05, 0) is 46.5 Å². The highest BCUT2D eigenvalue weighted by atomic mass is 79.9. The summed E-state index contributed by atoms with van der Waals surface area (Å²) in [4.78, 5) is 2.47. The van der Waals surface area contributed by atoms with Crippen LogP contribution in [-0.2, 0) is 0 Å². The SMILES string of the molecule is N#Cc1ccc(N2CC[C@H]3CNC[C@H]32)c(Br)c1. The van der Waals surface area contributed by atoms with Crippen LogP contribution in [0.2, 0.25) is 0 Å². The molecule has 0 aromatic heterocycles. The van der Waals surface area contributed by atoms with Gasteiger partial charge in [-0.15, -0.1) is 0 Å². The molecule has 2 aliphatic heterocycles. The van der Waals surface area contributed by atoms with Crippen molar-refractivity contribution in [2.45, 2.75) is 12.5 Å². The first-order valence-corrected chi connectivity index (χ1v) is 6.76. The molecular formula is C13H14BrN3. The Bertz CT molecular complexity index is 480. The van der Waals surface area contributed by atoms with Crippen molar-refractivity contribution >= 4 is 21.6 Å². The van der Waals surface area contributed by atoms with Crippen molar-refractivity contribution in [3.05, 3.63) is 28.2 Å². The molecule has 0 spiro atoms. The van der Waals surface area contributed by atoms with Gasteiger partial charge in [0.05, 0.1) is 17.3 Å². The molecule has 2 aliphatic rings. The third-order valence-electron chi connectivity index (χ3n) is 3.83. The quantitative estimate of drug-likeness (QED) is 0.861. The molecule has 4 heteroatoms. The van der Waals surface area contributed by atoms with E-state index in [4.69, 9.17) is 5.26 Å². The van der Waals surface area contributed by atoms with Gasteiger partial charge in [0.25, 0.3) is 0 Å². The van der Waals surface area contributed by atoms with Crippen LogP contribution in [0, 0.1) is 17.2 Å². The molecule has 1 aromatic rings. The fourth-order valence-corrected chi connectivity index (χ4v) is 3.56. The second kappa shape index (κ2) is 4.32. The molecule has 0 bridgehead atoms. The summed E-state index contributed by atoms with van der Waals surface area (Å²) in [7, 11) is 0. The number of nitrogens with zero attached hydrogens (tertiary/aromatic N) is 2. The normalized spacial score (nSPS) is 26.9. The average Bonchev–Trinajstić information content (AvgIpc) is 2.91. The number of anilines is 1. The van der Waals surface area contributed by atoms with E-state index >= 15 is 0 Å². The van der Waals surface area contributed by atoms with Gasteiger partial charge in [0.2, 0.25) is 0 Å². The fraction of sp³-hybridized carbons (Fsp3) is 0.462. The van der Waals surface area contributed by atoms with E-state index in [1.54, 1.807) is 0 Å². The minimum Gasteiger partial charge on any atom is -0.366 e. The van der Waals surface area contributed by atoms with E-state index in [1.807, 2.05) is 12.1 Å². The Hall–Kier alpha value is -1.05. The number of fused-ring (bicyclic) bond motifs is 1. The zero-order chi connectivity index (χ0) is 11.8. The number of hydrogen-bond acceptors (Lipinski definition) is 3. The number of nitrogens with one attached hydrogen (secondary N) is 1. The predicted molar refractivity (Wildman–Crippen MR) is 71.0 cm³/mol. The summed E-state index contributed by atoms with van der Waals surface area (Å²) in [6.45, 7) is 3.35. The standard InChI is InChI=1S/C13H14BrN3/c14-11-5-9(6-15)1-2-12(11)17-4-3-10-7-16-8-13(10)17/h1-2,5,10,13,16H,3-4,7-8H2/t10-,13+/m0/s1. The van der Waals surface area contributed by atoms with Gasteiger partial charge in [0, 0.05) is 30.1 Å². The Morgan fingerprint density at radius 1 is 1.41 bits per heavy atom. The van der Waals surface area contributed by atoms with Crippen LogP contribution in [0.25, 0.3) is 0 Å². The van der Waals surface area contributed by atoms with Crippen LogP contribution in [0.15, 0.2) is 22.7 Å². The summed E-state index contributed by atoms with van der Waals surface area (Å²) in [5.41, 5.74) is 1.93. The van der Waals surface area contributed by atoms with Gasteiger partial charge in [0.15, 0.2) is 0 Å². The molecule has 88 valence electrons. The maximum atomic E-state index is 8.87. The van der Waals surface area contributed by atoms with E-state index in [2.05, 4.69) is 38.3 Å². The second-order valence-corrected chi connectivity index (χ2v) is 5.60. The van der Waals surface area contributed by atoms with E-state index in [1.165, 1.54) is 12.1 Å². The third kappa shape index (κ3) is 1.84. The lowest BCUT2D eigenvalue weighted by molar-refractivity contribution is 0.578. The number of hydrogen-bond donors (Lipinski definition) is 1. The van der Waals surface area contributed by atoms with Crippen LogP contribution in [0.4, 0.5) is 5.69 Å². The van der Waals surface area contributed by atoms with E-state index in [9.17, 15) is 0 Å². The van der Waals surface area contributed by atoms with Crippen molar-refractivity contribution in [2.75, 3.05) is 24.5 Å². The molecule has 2 heterocycles. The molecule has 17 heavy (non-hydrogen) atoms. The molecule has 3 nitrogen and oxygen atoms in total. The summed E-state index contributed by atoms with van der Waals surface area (Å²) in [5.74, 6) is 0.789. The van der Waals surface area contributed by atoms with E-state index in [-0.39, 0.29) is 0 Å². The van der Waals surface area contributed by atoms with Gasteiger partial charge in [-0.25, -0.2) is 0 Å². The third-order valence-corrected chi connectivity index (χ3v) is 4.47. The van der Waals surface area contributed by atoms with Crippen molar-refractivity contribution in [1.29, 1.82) is 5.26 Å². The summed E-state index contributed by atoms with van der Waals surface area (Å²) in [5, 5.41) is 12.3. The molecule has 3 rings (SSSR count). The number of halogens is 1. The van der Waals surface area contributed by atoms with Crippen molar-refractivity contribution in [1.82, 2.24) is 5.32 Å². The van der Waals surface area contributed by atoms with Crippen molar-refractivity contribution in [2.24, 2.45) is 5.92 Å². The summed E-state index contributed by atoms with van der Waals surface area (Å²) in [6, 6.07) is 8.66. The van der Waals surface area contributed by atoms with E-state index in [0.717, 1.165) is 30.0 Å². The van der Waals surface area contributed by atoms with Crippen molar-refractivity contribution in [3.8, 4) is 6.07 Å². The maximum absolute atomic E-state index is 8.87. The van der Waals surface area contributed by atoms with E-state index in [0.29, 0.717) is 11.6 Å². The Labute approximate surface area is 110 Å². The molecule has 2 saturated heterocycles. The average molecular weight is 292 g/mol. The highest BCUT2D eigenvalue weighted by Crippen LogP contribution is 2.36.